The third-order valence-corrected chi connectivity index (χ3v) is 5.90. The maximum Gasteiger partial charge on any atom is 0.229 e. The van der Waals surface area contributed by atoms with Gasteiger partial charge < -0.3 is 24.9 Å². The predicted molar refractivity (Wildman–Crippen MR) is 119 cm³/mol. The molecule has 3 heterocycles. The molecule has 7 heteroatoms. The van der Waals surface area contributed by atoms with Gasteiger partial charge in [-0.1, -0.05) is 0 Å². The molecule has 0 radical (unpaired) electrons. The number of nitrogens with one attached hydrogen (secondary N) is 1. The Morgan fingerprint density at radius 3 is 2.21 bits per heavy atom. The minimum absolute atomic E-state index is 0.924. The largest absolute Gasteiger partial charge is 0.359 e. The maximum absolute atomic E-state index is 4.94. The van der Waals surface area contributed by atoms with Crippen LogP contribution in [0.15, 0.2) is 6.07 Å². The van der Waals surface area contributed by atoms with Crippen molar-refractivity contribution in [2.24, 2.45) is 0 Å². The van der Waals surface area contributed by atoms with Gasteiger partial charge in [0, 0.05) is 45.8 Å². The van der Waals surface area contributed by atoms with Crippen LogP contribution in [0, 0.1) is 0 Å². The molecule has 0 aliphatic carbocycles. The second-order valence-electron chi connectivity index (χ2n) is 8.31. The summed E-state index contributed by atoms with van der Waals surface area (Å²) >= 11 is 0. The van der Waals surface area contributed by atoms with E-state index in [1.807, 2.05) is 7.05 Å². The van der Waals surface area contributed by atoms with Gasteiger partial charge in [0.05, 0.1) is 0 Å². The van der Waals surface area contributed by atoms with Crippen molar-refractivity contribution in [3.05, 3.63) is 6.07 Å². The Labute approximate surface area is 171 Å². The van der Waals surface area contributed by atoms with Crippen molar-refractivity contribution in [2.45, 2.75) is 38.5 Å². The molecule has 28 heavy (non-hydrogen) atoms. The highest BCUT2D eigenvalue weighted by molar-refractivity contribution is 5.56. The van der Waals surface area contributed by atoms with E-state index in [1.54, 1.807) is 0 Å². The SMILES string of the molecule is CNCCCN(C)CCCN(C)c1cc(N2CCCC2)nc(N2CCCC2)n1. The molecule has 0 spiro atoms. The number of hydrogen-bond acceptors (Lipinski definition) is 7. The van der Waals surface area contributed by atoms with E-state index in [1.165, 1.54) is 32.1 Å². The van der Waals surface area contributed by atoms with Crippen molar-refractivity contribution >= 4 is 17.6 Å². The summed E-state index contributed by atoms with van der Waals surface area (Å²) in [6.07, 6.45) is 7.40. The third kappa shape index (κ3) is 5.95. The standard InChI is InChI=1S/C21H39N7/c1-22-10-8-11-25(2)12-9-13-26(3)19-18-20(27-14-4-5-15-27)24-21(23-19)28-16-6-7-17-28/h18,22H,4-17H2,1-3H3. The maximum atomic E-state index is 4.94. The molecule has 1 N–H and O–H groups in total. The second-order valence-corrected chi connectivity index (χ2v) is 8.31. The predicted octanol–water partition coefficient (Wildman–Crippen LogP) is 2.04. The van der Waals surface area contributed by atoms with Crippen LogP contribution in [0.2, 0.25) is 0 Å². The third-order valence-electron chi connectivity index (χ3n) is 5.90. The summed E-state index contributed by atoms with van der Waals surface area (Å²) in [5.74, 6) is 3.10. The first-order valence-corrected chi connectivity index (χ1v) is 11.1. The number of anilines is 3. The Bertz CT molecular complexity index is 548. The molecule has 0 unspecified atom stereocenters. The van der Waals surface area contributed by atoms with E-state index < -0.39 is 0 Å². The molecule has 0 saturated carbocycles. The number of rotatable bonds is 11. The average molecular weight is 390 g/mol. The molecule has 2 fully saturated rings. The van der Waals surface area contributed by atoms with Gasteiger partial charge in [0.25, 0.3) is 0 Å². The minimum Gasteiger partial charge on any atom is -0.359 e. The van der Waals surface area contributed by atoms with Gasteiger partial charge in [0.1, 0.15) is 11.6 Å². The monoisotopic (exact) mass is 389 g/mol. The smallest absolute Gasteiger partial charge is 0.229 e. The van der Waals surface area contributed by atoms with Crippen molar-refractivity contribution < 1.29 is 0 Å². The zero-order valence-corrected chi connectivity index (χ0v) is 18.2. The highest BCUT2D eigenvalue weighted by atomic mass is 15.3. The van der Waals surface area contributed by atoms with Crippen LogP contribution in [0.25, 0.3) is 0 Å². The summed E-state index contributed by atoms with van der Waals surface area (Å²) in [5.41, 5.74) is 0. The van der Waals surface area contributed by atoms with Crippen LogP contribution in [-0.4, -0.2) is 88.4 Å². The first-order chi connectivity index (χ1) is 13.7. The fraction of sp³-hybridized carbons (Fsp3) is 0.810. The average Bonchev–Trinajstić information content (AvgIpc) is 3.42. The van der Waals surface area contributed by atoms with E-state index in [0.717, 1.165) is 76.4 Å². The lowest BCUT2D eigenvalue weighted by Gasteiger charge is -2.25. The Morgan fingerprint density at radius 1 is 0.893 bits per heavy atom. The molecule has 7 nitrogen and oxygen atoms in total. The lowest BCUT2D eigenvalue weighted by Crippen LogP contribution is -2.29. The zero-order chi connectivity index (χ0) is 19.8. The van der Waals surface area contributed by atoms with Crippen LogP contribution in [0.3, 0.4) is 0 Å². The summed E-state index contributed by atoms with van der Waals surface area (Å²) in [5, 5.41) is 3.22. The highest BCUT2D eigenvalue weighted by Crippen LogP contribution is 2.26. The van der Waals surface area contributed by atoms with Gasteiger partial charge in [-0.05, 0) is 72.3 Å². The van der Waals surface area contributed by atoms with Gasteiger partial charge >= 0.3 is 0 Å². The van der Waals surface area contributed by atoms with E-state index >= 15 is 0 Å². The lowest BCUT2D eigenvalue weighted by molar-refractivity contribution is 0.325. The highest BCUT2D eigenvalue weighted by Gasteiger charge is 2.21. The van der Waals surface area contributed by atoms with E-state index in [-0.39, 0.29) is 0 Å². The van der Waals surface area contributed by atoms with Gasteiger partial charge in [-0.2, -0.15) is 9.97 Å². The van der Waals surface area contributed by atoms with Crippen LogP contribution in [0.1, 0.15) is 38.5 Å². The minimum atomic E-state index is 0.924. The quantitative estimate of drug-likeness (QED) is 0.581. The molecular formula is C21H39N7. The number of nitrogens with zero attached hydrogens (tertiary/aromatic N) is 6. The van der Waals surface area contributed by atoms with Gasteiger partial charge in [0.2, 0.25) is 5.95 Å². The first-order valence-electron chi connectivity index (χ1n) is 11.1. The topological polar surface area (TPSA) is 50.8 Å². The Morgan fingerprint density at radius 2 is 1.54 bits per heavy atom. The molecule has 2 aliphatic heterocycles. The number of hydrogen-bond donors (Lipinski definition) is 1. The van der Waals surface area contributed by atoms with Crippen molar-refractivity contribution in [3.63, 3.8) is 0 Å². The molecule has 0 atom stereocenters. The van der Waals surface area contributed by atoms with Gasteiger partial charge in [-0.15, -0.1) is 0 Å². The normalized spacial score (nSPS) is 17.1. The zero-order valence-electron chi connectivity index (χ0n) is 18.2. The summed E-state index contributed by atoms with van der Waals surface area (Å²) in [7, 11) is 6.41. The van der Waals surface area contributed by atoms with Crippen molar-refractivity contribution in [1.82, 2.24) is 20.2 Å². The molecular weight excluding hydrogens is 350 g/mol. The van der Waals surface area contributed by atoms with Crippen molar-refractivity contribution in [3.8, 4) is 0 Å². The summed E-state index contributed by atoms with van der Waals surface area (Å²) in [6, 6.07) is 2.20. The lowest BCUT2D eigenvalue weighted by atomic mass is 10.3. The summed E-state index contributed by atoms with van der Waals surface area (Å²) < 4.78 is 0. The van der Waals surface area contributed by atoms with Crippen molar-refractivity contribution in [1.29, 1.82) is 0 Å². The van der Waals surface area contributed by atoms with E-state index in [4.69, 9.17) is 9.97 Å². The van der Waals surface area contributed by atoms with Gasteiger partial charge in [0.15, 0.2) is 0 Å². The van der Waals surface area contributed by atoms with E-state index in [2.05, 4.69) is 45.1 Å². The van der Waals surface area contributed by atoms with Crippen LogP contribution in [0.4, 0.5) is 17.6 Å². The molecule has 1 aromatic rings. The van der Waals surface area contributed by atoms with Gasteiger partial charge in [-0.25, -0.2) is 0 Å². The van der Waals surface area contributed by atoms with Crippen LogP contribution >= 0.6 is 0 Å². The second kappa shape index (κ2) is 10.8. The van der Waals surface area contributed by atoms with Crippen LogP contribution in [-0.2, 0) is 0 Å². The Kier molecular flexibility index (Phi) is 8.15. The number of aromatic nitrogens is 2. The molecule has 0 bridgehead atoms. The first kappa shape index (κ1) is 21.1. The fourth-order valence-electron chi connectivity index (χ4n) is 4.10. The summed E-state index contributed by atoms with van der Waals surface area (Å²) in [6.45, 7) is 8.80. The molecule has 158 valence electrons. The summed E-state index contributed by atoms with van der Waals surface area (Å²) in [4.78, 5) is 19.4. The Balaban J connectivity index is 1.60. The van der Waals surface area contributed by atoms with E-state index in [0.29, 0.717) is 0 Å². The van der Waals surface area contributed by atoms with Crippen LogP contribution < -0.4 is 20.0 Å². The van der Waals surface area contributed by atoms with Crippen LogP contribution in [0.5, 0.6) is 0 Å². The fourth-order valence-corrected chi connectivity index (χ4v) is 4.10. The molecule has 2 saturated heterocycles. The van der Waals surface area contributed by atoms with E-state index in [9.17, 15) is 0 Å². The Hall–Kier alpha value is -1.60. The molecule has 0 amide bonds. The molecule has 1 aromatic heterocycles. The molecule has 0 aromatic carbocycles. The van der Waals surface area contributed by atoms with Gasteiger partial charge in [-0.3, -0.25) is 0 Å². The molecule has 2 aliphatic rings. The molecule has 3 rings (SSSR count). The van der Waals surface area contributed by atoms with Crippen molar-refractivity contribution in [2.75, 3.05) is 88.2 Å².